The molecule has 2 saturated heterocycles. The van der Waals surface area contributed by atoms with Crippen molar-refractivity contribution in [1.29, 1.82) is 0 Å². The Bertz CT molecular complexity index is 336. The quantitative estimate of drug-likeness (QED) is 0.788. The lowest BCUT2D eigenvalue weighted by atomic mass is 10.1. The van der Waals surface area contributed by atoms with Gasteiger partial charge >= 0.3 is 0 Å². The molecule has 3 heterocycles. The Balaban J connectivity index is 1.62. The molecule has 5 nitrogen and oxygen atoms in total. The van der Waals surface area contributed by atoms with Crippen LogP contribution in [0, 0.1) is 0 Å². The minimum absolute atomic E-state index is 0.271. The zero-order valence-corrected chi connectivity index (χ0v) is 9.69. The molecule has 0 aliphatic carbocycles. The zero-order chi connectivity index (χ0) is 11.0. The minimum Gasteiger partial charge on any atom is -0.303 e. The van der Waals surface area contributed by atoms with Crippen molar-refractivity contribution in [3.8, 4) is 0 Å². The van der Waals surface area contributed by atoms with Gasteiger partial charge in [0.15, 0.2) is 0 Å². The van der Waals surface area contributed by atoms with Crippen molar-refractivity contribution >= 4 is 0 Å². The Morgan fingerprint density at radius 2 is 2.44 bits per heavy atom. The summed E-state index contributed by atoms with van der Waals surface area (Å²) >= 11 is 0. The molecule has 0 bridgehead atoms. The smallest absolute Gasteiger partial charge is 0.141 e. The Labute approximate surface area is 95.6 Å². The second-order valence-electron chi connectivity index (χ2n) is 4.90. The van der Waals surface area contributed by atoms with Crippen molar-refractivity contribution in [2.24, 2.45) is 0 Å². The van der Waals surface area contributed by atoms with Crippen LogP contribution in [0.1, 0.15) is 38.1 Å². The number of H-pyrrole nitrogens is 1. The second kappa shape index (κ2) is 4.14. The lowest BCUT2D eigenvalue weighted by Gasteiger charge is -2.24. The van der Waals surface area contributed by atoms with Gasteiger partial charge in [-0.15, -0.1) is 0 Å². The molecule has 2 N–H and O–H groups in total. The maximum absolute atomic E-state index is 4.20. The summed E-state index contributed by atoms with van der Waals surface area (Å²) in [6, 6.07) is 1.65. The monoisotopic (exact) mass is 221 g/mol. The van der Waals surface area contributed by atoms with Crippen LogP contribution < -0.4 is 5.32 Å². The molecule has 1 aromatic heterocycles. The first-order valence-electron chi connectivity index (χ1n) is 6.20. The van der Waals surface area contributed by atoms with E-state index in [1.165, 1.54) is 32.4 Å². The van der Waals surface area contributed by atoms with Gasteiger partial charge in [-0.05, 0) is 32.7 Å². The van der Waals surface area contributed by atoms with Gasteiger partial charge in [0.1, 0.15) is 12.2 Å². The van der Waals surface area contributed by atoms with Crippen LogP contribution in [0.3, 0.4) is 0 Å². The lowest BCUT2D eigenvalue weighted by molar-refractivity contribution is 0.290. The maximum Gasteiger partial charge on any atom is 0.141 e. The predicted molar refractivity (Wildman–Crippen MR) is 60.9 cm³/mol. The molecule has 0 amide bonds. The van der Waals surface area contributed by atoms with E-state index in [2.05, 4.69) is 32.3 Å². The van der Waals surface area contributed by atoms with Gasteiger partial charge in [0, 0.05) is 18.6 Å². The van der Waals surface area contributed by atoms with Gasteiger partial charge in [-0.2, -0.15) is 5.10 Å². The van der Waals surface area contributed by atoms with E-state index < -0.39 is 0 Å². The van der Waals surface area contributed by atoms with Crippen molar-refractivity contribution < 1.29 is 0 Å². The summed E-state index contributed by atoms with van der Waals surface area (Å²) in [5.41, 5.74) is 0. The van der Waals surface area contributed by atoms with E-state index in [0.717, 1.165) is 11.9 Å². The van der Waals surface area contributed by atoms with Crippen LogP contribution in [-0.4, -0.2) is 45.3 Å². The summed E-state index contributed by atoms with van der Waals surface area (Å²) in [5.74, 6) is 0.941. The van der Waals surface area contributed by atoms with E-state index in [4.69, 9.17) is 0 Å². The van der Waals surface area contributed by atoms with Gasteiger partial charge in [0.05, 0.1) is 6.04 Å². The van der Waals surface area contributed by atoms with Crippen molar-refractivity contribution in [2.45, 2.75) is 44.3 Å². The SMILES string of the molecule is CC(NC1CCN2CCCC12)c1ncn[nH]1. The van der Waals surface area contributed by atoms with Crippen LogP contribution in [0.5, 0.6) is 0 Å². The molecule has 2 fully saturated rings. The normalized spacial score (nSPS) is 31.8. The van der Waals surface area contributed by atoms with Crippen molar-refractivity contribution in [3.05, 3.63) is 12.2 Å². The molecule has 0 spiro atoms. The lowest BCUT2D eigenvalue weighted by Crippen LogP contribution is -2.40. The number of nitrogens with zero attached hydrogens (tertiary/aromatic N) is 3. The summed E-state index contributed by atoms with van der Waals surface area (Å²) < 4.78 is 0. The third-order valence-electron chi connectivity index (χ3n) is 3.91. The highest BCUT2D eigenvalue weighted by Crippen LogP contribution is 2.29. The number of fused-ring (bicyclic) bond motifs is 1. The van der Waals surface area contributed by atoms with Crippen molar-refractivity contribution in [1.82, 2.24) is 25.4 Å². The number of hydrogen-bond acceptors (Lipinski definition) is 4. The minimum atomic E-state index is 0.271. The van der Waals surface area contributed by atoms with E-state index in [9.17, 15) is 0 Å². The molecule has 2 aliphatic heterocycles. The number of aromatic nitrogens is 3. The fraction of sp³-hybridized carbons (Fsp3) is 0.818. The molecule has 2 aliphatic rings. The average molecular weight is 221 g/mol. The molecule has 3 rings (SSSR count). The van der Waals surface area contributed by atoms with E-state index in [0.29, 0.717) is 6.04 Å². The van der Waals surface area contributed by atoms with E-state index in [1.807, 2.05) is 0 Å². The highest BCUT2D eigenvalue weighted by Gasteiger charge is 2.37. The topological polar surface area (TPSA) is 56.8 Å². The average Bonchev–Trinajstić information content (AvgIpc) is 2.94. The third kappa shape index (κ3) is 1.74. The molecule has 88 valence electrons. The standard InChI is InChI=1S/C11H19N5/c1-8(11-12-7-13-15-11)14-9-4-6-16-5-2-3-10(9)16/h7-10,14H,2-6H2,1H3,(H,12,13,15). The van der Waals surface area contributed by atoms with Gasteiger partial charge in [0.2, 0.25) is 0 Å². The fourth-order valence-electron chi connectivity index (χ4n) is 3.10. The molecular weight excluding hydrogens is 202 g/mol. The second-order valence-corrected chi connectivity index (χ2v) is 4.90. The van der Waals surface area contributed by atoms with E-state index in [1.54, 1.807) is 6.33 Å². The van der Waals surface area contributed by atoms with Gasteiger partial charge in [-0.3, -0.25) is 10.00 Å². The molecule has 16 heavy (non-hydrogen) atoms. The van der Waals surface area contributed by atoms with Gasteiger partial charge in [-0.1, -0.05) is 0 Å². The van der Waals surface area contributed by atoms with Gasteiger partial charge < -0.3 is 5.32 Å². The molecule has 5 heteroatoms. The first-order valence-corrected chi connectivity index (χ1v) is 6.20. The molecule has 1 aromatic rings. The van der Waals surface area contributed by atoms with Crippen molar-refractivity contribution in [2.75, 3.05) is 13.1 Å². The van der Waals surface area contributed by atoms with Gasteiger partial charge in [-0.25, -0.2) is 4.98 Å². The Morgan fingerprint density at radius 3 is 3.25 bits per heavy atom. The Hall–Kier alpha value is -0.940. The maximum atomic E-state index is 4.20. The zero-order valence-electron chi connectivity index (χ0n) is 9.69. The largest absolute Gasteiger partial charge is 0.303 e. The van der Waals surface area contributed by atoms with E-state index in [-0.39, 0.29) is 6.04 Å². The van der Waals surface area contributed by atoms with Crippen LogP contribution in [0.25, 0.3) is 0 Å². The number of hydrogen-bond donors (Lipinski definition) is 2. The summed E-state index contributed by atoms with van der Waals surface area (Å²) in [5, 5.41) is 10.5. The first kappa shape index (κ1) is 10.2. The van der Waals surface area contributed by atoms with Crippen LogP contribution in [0.2, 0.25) is 0 Å². The first-order chi connectivity index (χ1) is 7.84. The fourth-order valence-corrected chi connectivity index (χ4v) is 3.10. The Kier molecular flexibility index (Phi) is 2.65. The number of aromatic amines is 1. The van der Waals surface area contributed by atoms with Crippen LogP contribution in [0.15, 0.2) is 6.33 Å². The molecule has 3 atom stereocenters. The highest BCUT2D eigenvalue weighted by molar-refractivity contribution is 4.99. The van der Waals surface area contributed by atoms with Crippen LogP contribution in [0.4, 0.5) is 0 Å². The third-order valence-corrected chi connectivity index (χ3v) is 3.91. The Morgan fingerprint density at radius 1 is 1.50 bits per heavy atom. The van der Waals surface area contributed by atoms with Crippen molar-refractivity contribution in [3.63, 3.8) is 0 Å². The predicted octanol–water partition coefficient (Wildman–Crippen LogP) is 0.692. The summed E-state index contributed by atoms with van der Waals surface area (Å²) in [6.45, 7) is 4.70. The summed E-state index contributed by atoms with van der Waals surface area (Å²) in [4.78, 5) is 6.82. The molecule has 0 saturated carbocycles. The molecule has 3 unspecified atom stereocenters. The van der Waals surface area contributed by atoms with E-state index >= 15 is 0 Å². The highest BCUT2D eigenvalue weighted by atomic mass is 15.3. The summed E-state index contributed by atoms with van der Waals surface area (Å²) in [7, 11) is 0. The summed E-state index contributed by atoms with van der Waals surface area (Å²) in [6.07, 6.45) is 5.55. The molecular formula is C11H19N5. The van der Waals surface area contributed by atoms with Gasteiger partial charge in [0.25, 0.3) is 0 Å². The molecule has 0 aromatic carbocycles. The van der Waals surface area contributed by atoms with Crippen LogP contribution in [-0.2, 0) is 0 Å². The number of nitrogens with one attached hydrogen (secondary N) is 2. The number of rotatable bonds is 3. The van der Waals surface area contributed by atoms with Crippen LogP contribution >= 0.6 is 0 Å². The molecule has 0 radical (unpaired) electrons.